The molecule has 0 radical (unpaired) electrons. The number of benzene rings is 2. The van der Waals surface area contributed by atoms with Crippen LogP contribution in [0.25, 0.3) is 5.76 Å². The Bertz CT molecular complexity index is 980. The Kier molecular flexibility index (Phi) is 9.73. The van der Waals surface area contributed by atoms with Gasteiger partial charge in [0.15, 0.2) is 0 Å². The van der Waals surface area contributed by atoms with Crippen LogP contribution >= 0.6 is 11.6 Å². The summed E-state index contributed by atoms with van der Waals surface area (Å²) in [5.41, 5.74) is 1.41. The predicted octanol–water partition coefficient (Wildman–Crippen LogP) is 6.05. The van der Waals surface area contributed by atoms with Gasteiger partial charge in [-0.1, -0.05) is 68.6 Å². The molecule has 182 valence electrons. The van der Waals surface area contributed by atoms with E-state index in [0.717, 1.165) is 57.3 Å². The van der Waals surface area contributed by atoms with Gasteiger partial charge in [0.25, 0.3) is 11.7 Å². The number of likely N-dealkylation sites (tertiary alicyclic amines) is 1. The van der Waals surface area contributed by atoms with Crippen molar-refractivity contribution in [2.45, 2.75) is 52.0 Å². The van der Waals surface area contributed by atoms with Crippen molar-refractivity contribution in [3.8, 4) is 0 Å². The molecule has 6 heteroatoms. The monoisotopic (exact) mass is 482 g/mol. The summed E-state index contributed by atoms with van der Waals surface area (Å²) < 4.78 is 0. The molecule has 1 atom stereocenters. The Balaban J connectivity index is 1.87. The fourth-order valence-corrected chi connectivity index (χ4v) is 4.55. The molecule has 2 aromatic rings. The van der Waals surface area contributed by atoms with Crippen LogP contribution in [-0.4, -0.2) is 52.8 Å². The number of ketones is 1. The Morgan fingerprint density at radius 3 is 2.09 bits per heavy atom. The van der Waals surface area contributed by atoms with Crippen molar-refractivity contribution in [1.82, 2.24) is 9.80 Å². The molecule has 0 saturated carbocycles. The van der Waals surface area contributed by atoms with Gasteiger partial charge in [-0.25, -0.2) is 0 Å². The highest BCUT2D eigenvalue weighted by atomic mass is 35.5. The first kappa shape index (κ1) is 26.0. The first-order valence-electron chi connectivity index (χ1n) is 12.3. The molecule has 2 aromatic carbocycles. The van der Waals surface area contributed by atoms with Crippen LogP contribution in [0.5, 0.6) is 0 Å². The van der Waals surface area contributed by atoms with Crippen molar-refractivity contribution in [3.05, 3.63) is 76.3 Å². The minimum atomic E-state index is -0.643. The SMILES string of the molecule is CCCCN(CCCC)CCCN1C(=O)C(=O)/C(=C(\O)c2ccc(Cl)cc2)C1c1ccccc1. The lowest BCUT2D eigenvalue weighted by atomic mass is 9.95. The van der Waals surface area contributed by atoms with Crippen LogP contribution in [0.2, 0.25) is 5.02 Å². The fourth-order valence-electron chi connectivity index (χ4n) is 4.42. The van der Waals surface area contributed by atoms with Crippen molar-refractivity contribution in [3.63, 3.8) is 0 Å². The van der Waals surface area contributed by atoms with E-state index >= 15 is 0 Å². The standard InChI is InChI=1S/C28H35ClN2O3/c1-3-5-17-30(18-6-4-2)19-10-20-31-25(21-11-8-7-9-12-21)24(27(33)28(31)34)26(32)22-13-15-23(29)16-14-22/h7-9,11-16,25,32H,3-6,10,17-20H2,1-2H3/b26-24-. The number of carbonyl (C=O) groups excluding carboxylic acids is 2. The van der Waals surface area contributed by atoms with Crippen LogP contribution in [0.15, 0.2) is 60.2 Å². The van der Waals surface area contributed by atoms with Gasteiger partial charge in [-0.15, -0.1) is 0 Å². The van der Waals surface area contributed by atoms with Gasteiger partial charge < -0.3 is 14.9 Å². The molecule has 3 rings (SSSR count). The van der Waals surface area contributed by atoms with Crippen molar-refractivity contribution in [2.24, 2.45) is 0 Å². The van der Waals surface area contributed by atoms with Gasteiger partial charge in [0.05, 0.1) is 11.6 Å². The van der Waals surface area contributed by atoms with Crippen molar-refractivity contribution in [1.29, 1.82) is 0 Å². The summed E-state index contributed by atoms with van der Waals surface area (Å²) in [6.07, 6.45) is 5.37. The average Bonchev–Trinajstić information content (AvgIpc) is 3.11. The summed E-state index contributed by atoms with van der Waals surface area (Å²) in [5.74, 6) is -1.37. The number of unbranched alkanes of at least 4 members (excludes halogenated alkanes) is 2. The van der Waals surface area contributed by atoms with Gasteiger partial charge in [-0.05, 0) is 68.7 Å². The average molecular weight is 483 g/mol. The number of rotatable bonds is 12. The predicted molar refractivity (Wildman–Crippen MR) is 138 cm³/mol. The molecule has 1 saturated heterocycles. The number of nitrogens with zero attached hydrogens (tertiary/aromatic N) is 2. The van der Waals surface area contributed by atoms with Crippen LogP contribution < -0.4 is 0 Å². The van der Waals surface area contributed by atoms with Gasteiger partial charge in [-0.2, -0.15) is 0 Å². The first-order chi connectivity index (χ1) is 16.5. The zero-order valence-electron chi connectivity index (χ0n) is 20.2. The van der Waals surface area contributed by atoms with E-state index in [1.807, 2.05) is 30.3 Å². The van der Waals surface area contributed by atoms with E-state index in [4.69, 9.17) is 11.6 Å². The van der Waals surface area contributed by atoms with E-state index in [1.165, 1.54) is 0 Å². The maximum atomic E-state index is 13.1. The fraction of sp³-hybridized carbons (Fsp3) is 0.429. The summed E-state index contributed by atoms with van der Waals surface area (Å²) in [7, 11) is 0. The number of halogens is 1. The van der Waals surface area contributed by atoms with E-state index in [9.17, 15) is 14.7 Å². The third-order valence-electron chi connectivity index (χ3n) is 6.30. The molecule has 0 bridgehead atoms. The van der Waals surface area contributed by atoms with Crippen molar-refractivity contribution < 1.29 is 14.7 Å². The Morgan fingerprint density at radius 1 is 0.912 bits per heavy atom. The summed E-state index contributed by atoms with van der Waals surface area (Å²) in [6, 6.07) is 15.5. The number of Topliss-reactive ketones (excluding diaryl/α,β-unsaturated/α-hetero) is 1. The van der Waals surface area contributed by atoms with Crippen LogP contribution in [0.4, 0.5) is 0 Å². The number of carbonyl (C=O) groups is 2. The second kappa shape index (κ2) is 12.7. The number of aliphatic hydroxyl groups excluding tert-OH is 1. The molecule has 1 unspecified atom stereocenters. The lowest BCUT2D eigenvalue weighted by Crippen LogP contribution is -2.34. The molecule has 1 aliphatic heterocycles. The van der Waals surface area contributed by atoms with E-state index in [0.29, 0.717) is 17.1 Å². The summed E-state index contributed by atoms with van der Waals surface area (Å²) >= 11 is 5.99. The summed E-state index contributed by atoms with van der Waals surface area (Å²) in [5, 5.41) is 11.6. The van der Waals surface area contributed by atoms with Crippen molar-refractivity contribution >= 4 is 29.1 Å². The third kappa shape index (κ3) is 6.28. The molecule has 0 aromatic heterocycles. The first-order valence-corrected chi connectivity index (χ1v) is 12.7. The summed E-state index contributed by atoms with van der Waals surface area (Å²) in [6.45, 7) is 7.82. The highest BCUT2D eigenvalue weighted by Gasteiger charge is 2.45. The van der Waals surface area contributed by atoms with Crippen LogP contribution in [-0.2, 0) is 9.59 Å². The van der Waals surface area contributed by atoms with Crippen LogP contribution in [0, 0.1) is 0 Å². The lowest BCUT2D eigenvalue weighted by molar-refractivity contribution is -0.140. The van der Waals surface area contributed by atoms with Gasteiger partial charge >= 0.3 is 0 Å². The second-order valence-corrected chi connectivity index (χ2v) is 9.25. The molecule has 34 heavy (non-hydrogen) atoms. The van der Waals surface area contributed by atoms with Gasteiger partial charge in [-0.3, -0.25) is 9.59 Å². The van der Waals surface area contributed by atoms with Gasteiger partial charge in [0.1, 0.15) is 5.76 Å². The van der Waals surface area contributed by atoms with Crippen molar-refractivity contribution in [2.75, 3.05) is 26.2 Å². The quantitative estimate of drug-likeness (QED) is 0.227. The van der Waals surface area contributed by atoms with Gasteiger partial charge in [0, 0.05) is 17.1 Å². The normalized spacial score (nSPS) is 17.6. The molecular weight excluding hydrogens is 448 g/mol. The largest absolute Gasteiger partial charge is 0.507 e. The topological polar surface area (TPSA) is 60.9 Å². The Morgan fingerprint density at radius 2 is 1.50 bits per heavy atom. The van der Waals surface area contributed by atoms with E-state index in [2.05, 4.69) is 18.7 Å². The molecular formula is C28H35ClN2O3. The summed E-state index contributed by atoms with van der Waals surface area (Å²) in [4.78, 5) is 30.3. The number of hydrogen-bond acceptors (Lipinski definition) is 4. The molecule has 1 aliphatic rings. The molecule has 1 N–H and O–H groups in total. The highest BCUT2D eigenvalue weighted by molar-refractivity contribution is 6.46. The third-order valence-corrected chi connectivity index (χ3v) is 6.55. The van der Waals surface area contributed by atoms with E-state index in [1.54, 1.807) is 29.2 Å². The smallest absolute Gasteiger partial charge is 0.295 e. The Labute approximate surface area is 208 Å². The highest BCUT2D eigenvalue weighted by Crippen LogP contribution is 2.39. The van der Waals surface area contributed by atoms with Crippen LogP contribution in [0.1, 0.15) is 63.1 Å². The van der Waals surface area contributed by atoms with E-state index < -0.39 is 17.7 Å². The molecule has 0 aliphatic carbocycles. The number of hydrogen-bond donors (Lipinski definition) is 1. The molecule has 1 heterocycles. The van der Waals surface area contributed by atoms with E-state index in [-0.39, 0.29) is 11.3 Å². The van der Waals surface area contributed by atoms with Gasteiger partial charge in [0.2, 0.25) is 0 Å². The molecule has 0 spiro atoms. The number of amides is 1. The molecule has 1 amide bonds. The maximum absolute atomic E-state index is 13.1. The Hall–Kier alpha value is -2.63. The number of aliphatic hydroxyl groups is 1. The minimum absolute atomic E-state index is 0.132. The zero-order chi connectivity index (χ0) is 24.5. The minimum Gasteiger partial charge on any atom is -0.507 e. The lowest BCUT2D eigenvalue weighted by Gasteiger charge is -2.27. The molecule has 5 nitrogen and oxygen atoms in total. The van der Waals surface area contributed by atoms with Crippen LogP contribution in [0.3, 0.4) is 0 Å². The second-order valence-electron chi connectivity index (χ2n) is 8.81. The molecule has 1 fully saturated rings. The maximum Gasteiger partial charge on any atom is 0.295 e. The zero-order valence-corrected chi connectivity index (χ0v) is 20.9.